The first-order chi connectivity index (χ1) is 12.5. The van der Waals surface area contributed by atoms with Gasteiger partial charge in [0, 0.05) is 5.69 Å². The number of nitrogens with one attached hydrogen (secondary N) is 3. The van der Waals surface area contributed by atoms with E-state index in [1.54, 1.807) is 31.2 Å². The van der Waals surface area contributed by atoms with Gasteiger partial charge in [0.15, 0.2) is 11.2 Å². The third-order valence-electron chi connectivity index (χ3n) is 3.51. The molecule has 0 fully saturated rings. The van der Waals surface area contributed by atoms with Crippen LogP contribution in [0, 0.1) is 6.92 Å². The Balaban J connectivity index is 1.79. The maximum Gasteiger partial charge on any atom is 0.279 e. The lowest BCUT2D eigenvalue weighted by Gasteiger charge is -2.17. The number of para-hydroxylation sites is 1. The SMILES string of the molecule is CCOc1ccc(O[C@H](C)C(=O)NNC(=S)Nc2ccccc2C)cc1. The van der Waals surface area contributed by atoms with Crippen LogP contribution in [-0.4, -0.2) is 23.7 Å². The highest BCUT2D eigenvalue weighted by atomic mass is 32.1. The number of carbonyl (C=O) groups is 1. The highest BCUT2D eigenvalue weighted by Crippen LogP contribution is 2.18. The summed E-state index contributed by atoms with van der Waals surface area (Å²) in [6, 6.07) is 14.8. The molecule has 0 unspecified atom stereocenters. The molecule has 138 valence electrons. The molecular formula is C19H23N3O3S. The third-order valence-corrected chi connectivity index (χ3v) is 3.71. The van der Waals surface area contributed by atoms with Crippen molar-refractivity contribution >= 4 is 28.9 Å². The number of ether oxygens (including phenoxy) is 2. The predicted octanol–water partition coefficient (Wildman–Crippen LogP) is 3.18. The maximum atomic E-state index is 12.1. The van der Waals surface area contributed by atoms with Gasteiger partial charge in [-0.15, -0.1) is 0 Å². The molecule has 0 aliphatic heterocycles. The molecule has 1 amide bonds. The number of thiocarbonyl (C=S) groups is 1. The molecule has 0 heterocycles. The number of benzene rings is 2. The number of aryl methyl sites for hydroxylation is 1. The van der Waals surface area contributed by atoms with Crippen molar-refractivity contribution in [3.05, 3.63) is 54.1 Å². The zero-order chi connectivity index (χ0) is 18.9. The number of hydrogen-bond donors (Lipinski definition) is 3. The molecule has 1 atom stereocenters. The van der Waals surface area contributed by atoms with Crippen LogP contribution in [0.1, 0.15) is 19.4 Å². The Hall–Kier alpha value is -2.80. The van der Waals surface area contributed by atoms with Gasteiger partial charge in [-0.1, -0.05) is 18.2 Å². The van der Waals surface area contributed by atoms with Gasteiger partial charge in [0.05, 0.1) is 6.61 Å². The van der Waals surface area contributed by atoms with E-state index in [1.165, 1.54) is 0 Å². The van der Waals surface area contributed by atoms with E-state index in [0.29, 0.717) is 17.5 Å². The molecule has 0 spiro atoms. The molecule has 2 rings (SSSR count). The van der Waals surface area contributed by atoms with Crippen molar-refractivity contribution in [3.63, 3.8) is 0 Å². The van der Waals surface area contributed by atoms with Gasteiger partial charge in [-0.3, -0.25) is 15.6 Å². The van der Waals surface area contributed by atoms with Crippen LogP contribution in [0.15, 0.2) is 48.5 Å². The standard InChI is InChI=1S/C19H23N3O3S/c1-4-24-15-9-11-16(12-10-15)25-14(3)18(23)21-22-19(26)20-17-8-6-5-7-13(17)2/h5-12,14H,4H2,1-3H3,(H,21,23)(H2,20,22,26)/t14-/m1/s1. The highest BCUT2D eigenvalue weighted by molar-refractivity contribution is 7.80. The molecule has 0 aliphatic rings. The summed E-state index contributed by atoms with van der Waals surface area (Å²) in [4.78, 5) is 12.1. The van der Waals surface area contributed by atoms with E-state index in [4.69, 9.17) is 21.7 Å². The summed E-state index contributed by atoms with van der Waals surface area (Å²) in [6.45, 7) is 6.14. The molecule has 0 aliphatic carbocycles. The van der Waals surface area contributed by atoms with E-state index < -0.39 is 6.10 Å². The molecular weight excluding hydrogens is 350 g/mol. The number of hydrazine groups is 1. The Morgan fingerprint density at radius 2 is 1.73 bits per heavy atom. The predicted molar refractivity (Wildman–Crippen MR) is 106 cm³/mol. The van der Waals surface area contributed by atoms with Crippen molar-refractivity contribution < 1.29 is 14.3 Å². The number of carbonyl (C=O) groups excluding carboxylic acids is 1. The van der Waals surface area contributed by atoms with Crippen LogP contribution in [-0.2, 0) is 4.79 Å². The van der Waals surface area contributed by atoms with Crippen LogP contribution in [0.3, 0.4) is 0 Å². The number of anilines is 1. The van der Waals surface area contributed by atoms with Crippen molar-refractivity contribution in [2.45, 2.75) is 26.9 Å². The van der Waals surface area contributed by atoms with Crippen LogP contribution in [0.5, 0.6) is 11.5 Å². The number of amides is 1. The molecule has 0 radical (unpaired) electrons. The quantitative estimate of drug-likeness (QED) is 0.534. The minimum Gasteiger partial charge on any atom is -0.494 e. The summed E-state index contributed by atoms with van der Waals surface area (Å²) in [5, 5.41) is 3.32. The second kappa shape index (κ2) is 9.62. The molecule has 0 saturated heterocycles. The monoisotopic (exact) mass is 373 g/mol. The fourth-order valence-electron chi connectivity index (χ4n) is 2.13. The van der Waals surface area contributed by atoms with Crippen molar-refractivity contribution in [2.24, 2.45) is 0 Å². The summed E-state index contributed by atoms with van der Waals surface area (Å²) in [7, 11) is 0. The third kappa shape index (κ3) is 5.93. The summed E-state index contributed by atoms with van der Waals surface area (Å²) in [5.74, 6) is 0.996. The molecule has 2 aromatic carbocycles. The molecule has 7 heteroatoms. The Morgan fingerprint density at radius 1 is 1.08 bits per heavy atom. The second-order valence-electron chi connectivity index (χ2n) is 5.55. The number of hydrogen-bond acceptors (Lipinski definition) is 4. The van der Waals surface area contributed by atoms with Crippen LogP contribution >= 0.6 is 12.2 Å². The van der Waals surface area contributed by atoms with Gasteiger partial charge < -0.3 is 14.8 Å². The van der Waals surface area contributed by atoms with Gasteiger partial charge in [-0.05, 0) is 68.9 Å². The normalized spacial score (nSPS) is 11.2. The van der Waals surface area contributed by atoms with Gasteiger partial charge in [0.2, 0.25) is 0 Å². The summed E-state index contributed by atoms with van der Waals surface area (Å²) < 4.78 is 11.0. The zero-order valence-corrected chi connectivity index (χ0v) is 15.9. The fourth-order valence-corrected chi connectivity index (χ4v) is 2.29. The van der Waals surface area contributed by atoms with Gasteiger partial charge in [-0.2, -0.15) is 0 Å². The lowest BCUT2D eigenvalue weighted by molar-refractivity contribution is -0.127. The average Bonchev–Trinajstić information content (AvgIpc) is 2.63. The largest absolute Gasteiger partial charge is 0.494 e. The van der Waals surface area contributed by atoms with Gasteiger partial charge in [-0.25, -0.2) is 0 Å². The average molecular weight is 373 g/mol. The Morgan fingerprint density at radius 3 is 2.38 bits per heavy atom. The lowest BCUT2D eigenvalue weighted by Crippen LogP contribution is -2.48. The topological polar surface area (TPSA) is 71.6 Å². The van der Waals surface area contributed by atoms with Crippen LogP contribution in [0.2, 0.25) is 0 Å². The lowest BCUT2D eigenvalue weighted by atomic mass is 10.2. The molecule has 2 aromatic rings. The molecule has 0 aromatic heterocycles. The Bertz CT molecular complexity index is 750. The van der Waals surface area contributed by atoms with E-state index in [1.807, 2.05) is 38.1 Å². The molecule has 6 nitrogen and oxygen atoms in total. The molecule has 3 N–H and O–H groups in total. The van der Waals surface area contributed by atoms with Crippen molar-refractivity contribution in [1.29, 1.82) is 0 Å². The second-order valence-corrected chi connectivity index (χ2v) is 5.96. The van der Waals surface area contributed by atoms with E-state index >= 15 is 0 Å². The van der Waals surface area contributed by atoms with Gasteiger partial charge >= 0.3 is 0 Å². The van der Waals surface area contributed by atoms with E-state index in [9.17, 15) is 4.79 Å². The van der Waals surface area contributed by atoms with Crippen molar-refractivity contribution in [3.8, 4) is 11.5 Å². The first-order valence-corrected chi connectivity index (χ1v) is 8.72. The van der Waals surface area contributed by atoms with Crippen LogP contribution in [0.4, 0.5) is 5.69 Å². The Labute approximate surface area is 158 Å². The van der Waals surface area contributed by atoms with E-state index in [0.717, 1.165) is 17.0 Å². The first kappa shape index (κ1) is 19.5. The highest BCUT2D eigenvalue weighted by Gasteiger charge is 2.15. The zero-order valence-electron chi connectivity index (χ0n) is 15.0. The molecule has 26 heavy (non-hydrogen) atoms. The summed E-state index contributed by atoms with van der Waals surface area (Å²) in [5.41, 5.74) is 7.13. The minimum absolute atomic E-state index is 0.293. The van der Waals surface area contributed by atoms with Crippen molar-refractivity contribution in [1.82, 2.24) is 10.9 Å². The molecule has 0 bridgehead atoms. The maximum absolute atomic E-state index is 12.1. The number of rotatable bonds is 6. The summed E-state index contributed by atoms with van der Waals surface area (Å²) >= 11 is 5.18. The smallest absolute Gasteiger partial charge is 0.279 e. The Kier molecular flexibility index (Phi) is 7.23. The van der Waals surface area contributed by atoms with Crippen LogP contribution in [0.25, 0.3) is 0 Å². The summed E-state index contributed by atoms with van der Waals surface area (Å²) in [6.07, 6.45) is -0.693. The fraction of sp³-hybridized carbons (Fsp3) is 0.263. The van der Waals surface area contributed by atoms with E-state index in [2.05, 4.69) is 16.2 Å². The first-order valence-electron chi connectivity index (χ1n) is 8.31. The molecule has 0 saturated carbocycles. The van der Waals surface area contributed by atoms with Gasteiger partial charge in [0.25, 0.3) is 5.91 Å². The van der Waals surface area contributed by atoms with Gasteiger partial charge in [0.1, 0.15) is 11.5 Å². The van der Waals surface area contributed by atoms with Crippen molar-refractivity contribution in [2.75, 3.05) is 11.9 Å². The minimum atomic E-state index is -0.693. The van der Waals surface area contributed by atoms with E-state index in [-0.39, 0.29) is 5.91 Å². The van der Waals surface area contributed by atoms with Crippen LogP contribution < -0.4 is 25.6 Å².